The van der Waals surface area contributed by atoms with Gasteiger partial charge in [-0.1, -0.05) is 13.8 Å². The molecule has 22 heavy (non-hydrogen) atoms. The Kier molecular flexibility index (Phi) is 5.42. The lowest BCUT2D eigenvalue weighted by Gasteiger charge is -2.22. The lowest BCUT2D eigenvalue weighted by atomic mass is 10.00. The molecule has 1 atom stereocenters. The number of hydrogen-bond donors (Lipinski definition) is 2. The summed E-state index contributed by atoms with van der Waals surface area (Å²) in [5, 5.41) is 18.0. The van der Waals surface area contributed by atoms with Gasteiger partial charge in [-0.25, -0.2) is 0 Å². The van der Waals surface area contributed by atoms with Crippen LogP contribution in [0.3, 0.4) is 0 Å². The van der Waals surface area contributed by atoms with Crippen molar-refractivity contribution >= 4 is 0 Å². The molecule has 0 saturated carbocycles. The van der Waals surface area contributed by atoms with Crippen molar-refractivity contribution in [3.8, 4) is 0 Å². The Hall–Kier alpha value is -1.59. The fourth-order valence-electron chi connectivity index (χ4n) is 2.46. The van der Waals surface area contributed by atoms with E-state index in [4.69, 9.17) is 0 Å². The third-order valence-electron chi connectivity index (χ3n) is 3.97. The molecule has 122 valence electrons. The third kappa shape index (κ3) is 4.45. The average molecular weight is 304 g/mol. The van der Waals surface area contributed by atoms with Crippen LogP contribution in [0.4, 0.5) is 0 Å². The van der Waals surface area contributed by atoms with Crippen molar-refractivity contribution in [1.82, 2.24) is 19.7 Å². The van der Waals surface area contributed by atoms with Crippen LogP contribution in [-0.2, 0) is 25.7 Å². The molecule has 0 aliphatic rings. The molecule has 0 aliphatic carbocycles. The third-order valence-corrected chi connectivity index (χ3v) is 3.97. The van der Waals surface area contributed by atoms with Gasteiger partial charge in [0.25, 0.3) is 0 Å². The molecule has 2 heterocycles. The molecule has 5 heteroatoms. The van der Waals surface area contributed by atoms with Crippen molar-refractivity contribution in [2.45, 2.75) is 45.9 Å². The van der Waals surface area contributed by atoms with Gasteiger partial charge in [0.15, 0.2) is 0 Å². The number of nitrogens with one attached hydrogen (secondary N) is 1. The van der Waals surface area contributed by atoms with Crippen LogP contribution < -0.4 is 5.32 Å². The molecule has 0 fully saturated rings. The molecule has 0 aliphatic heterocycles. The van der Waals surface area contributed by atoms with Gasteiger partial charge in [-0.2, -0.15) is 5.10 Å². The van der Waals surface area contributed by atoms with Crippen molar-refractivity contribution in [2.24, 2.45) is 13.0 Å². The summed E-state index contributed by atoms with van der Waals surface area (Å²) < 4.78 is 3.99. The minimum atomic E-state index is -0.913. The summed E-state index contributed by atoms with van der Waals surface area (Å²) in [6.07, 6.45) is 6.87. The van der Waals surface area contributed by atoms with Gasteiger partial charge >= 0.3 is 0 Å². The van der Waals surface area contributed by atoms with Gasteiger partial charge in [0.05, 0.1) is 6.20 Å². The van der Waals surface area contributed by atoms with Crippen LogP contribution in [-0.4, -0.2) is 26.0 Å². The molecule has 2 N–H and O–H groups in total. The maximum atomic E-state index is 10.6. The van der Waals surface area contributed by atoms with Crippen molar-refractivity contribution < 1.29 is 5.11 Å². The van der Waals surface area contributed by atoms with Gasteiger partial charge < -0.3 is 15.0 Å². The van der Waals surface area contributed by atoms with Gasteiger partial charge in [0, 0.05) is 50.3 Å². The van der Waals surface area contributed by atoms with E-state index in [1.165, 1.54) is 12.1 Å². The first-order valence-electron chi connectivity index (χ1n) is 7.95. The topological polar surface area (TPSA) is 55.0 Å². The van der Waals surface area contributed by atoms with E-state index in [1.54, 1.807) is 10.9 Å². The van der Waals surface area contributed by atoms with Crippen molar-refractivity contribution in [3.63, 3.8) is 0 Å². The van der Waals surface area contributed by atoms with E-state index in [-0.39, 0.29) is 0 Å². The highest BCUT2D eigenvalue weighted by Gasteiger charge is 2.24. The molecule has 5 nitrogen and oxygen atoms in total. The summed E-state index contributed by atoms with van der Waals surface area (Å²) in [5.74, 6) is 0.703. The minimum absolute atomic E-state index is 0.494. The zero-order chi connectivity index (χ0) is 16.2. The Morgan fingerprint density at radius 2 is 2.18 bits per heavy atom. The van der Waals surface area contributed by atoms with Crippen molar-refractivity contribution in [1.29, 1.82) is 0 Å². The number of aromatic nitrogens is 3. The second kappa shape index (κ2) is 7.11. The van der Waals surface area contributed by atoms with Crippen LogP contribution in [0.2, 0.25) is 0 Å². The maximum Gasteiger partial charge on any atom is 0.102 e. The van der Waals surface area contributed by atoms with E-state index in [0.717, 1.165) is 18.7 Å². The Labute approximate surface area is 133 Å². The van der Waals surface area contributed by atoms with Gasteiger partial charge in [-0.05, 0) is 31.4 Å². The molecule has 0 radical (unpaired) electrons. The molecule has 2 aromatic rings. The monoisotopic (exact) mass is 304 g/mol. The Morgan fingerprint density at radius 1 is 1.41 bits per heavy atom. The number of rotatable bonds is 8. The van der Waals surface area contributed by atoms with E-state index in [1.807, 2.05) is 20.2 Å². The highest BCUT2D eigenvalue weighted by molar-refractivity contribution is 5.14. The molecule has 2 rings (SSSR count). The number of nitrogens with zero attached hydrogens (tertiary/aromatic N) is 3. The highest BCUT2D eigenvalue weighted by atomic mass is 16.3. The summed E-state index contributed by atoms with van der Waals surface area (Å²) in [4.78, 5) is 0. The van der Waals surface area contributed by atoms with E-state index >= 15 is 0 Å². The standard InChI is InChI=1S/C17H28N4O/c1-14(2)7-9-21-8-5-6-16(21)11-18-13-17(3,22)15-10-19-20(4)12-15/h5-6,8,10,12,14,18,22H,7,9,11,13H2,1-4H3. The van der Waals surface area contributed by atoms with Crippen LogP contribution in [0.25, 0.3) is 0 Å². The highest BCUT2D eigenvalue weighted by Crippen LogP contribution is 2.18. The maximum absolute atomic E-state index is 10.6. The molecule has 0 aromatic carbocycles. The second-order valence-corrected chi connectivity index (χ2v) is 6.66. The second-order valence-electron chi connectivity index (χ2n) is 6.66. The molecular weight excluding hydrogens is 276 g/mol. The normalized spacial score (nSPS) is 14.5. The SMILES string of the molecule is CC(C)CCn1cccc1CNCC(C)(O)c1cnn(C)c1. The van der Waals surface area contributed by atoms with Gasteiger partial charge in [-0.15, -0.1) is 0 Å². The van der Waals surface area contributed by atoms with E-state index in [9.17, 15) is 5.11 Å². The molecule has 1 unspecified atom stereocenters. The first-order chi connectivity index (χ1) is 10.4. The molecule has 0 amide bonds. The summed E-state index contributed by atoms with van der Waals surface area (Å²) in [5.41, 5.74) is 1.17. The van der Waals surface area contributed by atoms with Crippen LogP contribution in [0, 0.1) is 5.92 Å². The number of aryl methyl sites for hydroxylation is 2. The van der Waals surface area contributed by atoms with Crippen molar-refractivity contribution in [3.05, 3.63) is 42.0 Å². The lowest BCUT2D eigenvalue weighted by molar-refractivity contribution is 0.0564. The molecule has 0 bridgehead atoms. The fraction of sp³-hybridized carbons (Fsp3) is 0.588. The summed E-state index contributed by atoms with van der Waals surface area (Å²) >= 11 is 0. The summed E-state index contributed by atoms with van der Waals surface area (Å²) in [6, 6.07) is 4.21. The molecular formula is C17H28N4O. The number of aliphatic hydroxyl groups is 1. The zero-order valence-electron chi connectivity index (χ0n) is 14.1. The smallest absolute Gasteiger partial charge is 0.102 e. The molecule has 0 saturated heterocycles. The largest absolute Gasteiger partial charge is 0.384 e. The van der Waals surface area contributed by atoms with Crippen LogP contribution >= 0.6 is 0 Å². The Bertz CT molecular complexity index is 583. The van der Waals surface area contributed by atoms with Gasteiger partial charge in [0.1, 0.15) is 5.60 Å². The lowest BCUT2D eigenvalue weighted by Crippen LogP contribution is -2.35. The number of hydrogen-bond acceptors (Lipinski definition) is 3. The fourth-order valence-corrected chi connectivity index (χ4v) is 2.46. The predicted octanol–water partition coefficient (Wildman–Crippen LogP) is 2.26. The average Bonchev–Trinajstić information content (AvgIpc) is 3.05. The summed E-state index contributed by atoms with van der Waals surface area (Å²) in [7, 11) is 1.86. The summed E-state index contributed by atoms with van der Waals surface area (Å²) in [6.45, 7) is 8.59. The predicted molar refractivity (Wildman–Crippen MR) is 88.4 cm³/mol. The van der Waals surface area contributed by atoms with E-state index in [0.29, 0.717) is 12.5 Å². The quantitative estimate of drug-likeness (QED) is 0.786. The Morgan fingerprint density at radius 3 is 2.82 bits per heavy atom. The zero-order valence-corrected chi connectivity index (χ0v) is 14.1. The minimum Gasteiger partial charge on any atom is -0.384 e. The van der Waals surface area contributed by atoms with E-state index in [2.05, 4.69) is 47.2 Å². The molecule has 2 aromatic heterocycles. The van der Waals surface area contributed by atoms with Crippen LogP contribution in [0.15, 0.2) is 30.7 Å². The van der Waals surface area contributed by atoms with Gasteiger partial charge in [0.2, 0.25) is 0 Å². The van der Waals surface area contributed by atoms with Crippen LogP contribution in [0.5, 0.6) is 0 Å². The van der Waals surface area contributed by atoms with E-state index < -0.39 is 5.60 Å². The Balaban J connectivity index is 1.87. The first-order valence-corrected chi connectivity index (χ1v) is 7.95. The van der Waals surface area contributed by atoms with Crippen LogP contribution in [0.1, 0.15) is 38.4 Å². The molecule has 0 spiro atoms. The van der Waals surface area contributed by atoms with Gasteiger partial charge in [-0.3, -0.25) is 4.68 Å². The first kappa shape index (κ1) is 16.8. The van der Waals surface area contributed by atoms with Crippen molar-refractivity contribution in [2.75, 3.05) is 6.54 Å².